The third kappa shape index (κ3) is 3.50. The number of ether oxygens (including phenoxy) is 1. The first-order valence-corrected chi connectivity index (χ1v) is 8.42. The first kappa shape index (κ1) is 17.4. The maximum absolute atomic E-state index is 13.9. The predicted octanol–water partition coefficient (Wildman–Crippen LogP) is 1.59. The summed E-state index contributed by atoms with van der Waals surface area (Å²) in [5.41, 5.74) is 0.215. The third-order valence-corrected chi connectivity index (χ3v) is 4.96. The van der Waals surface area contributed by atoms with E-state index < -0.39 is 11.7 Å². The lowest BCUT2D eigenvalue weighted by molar-refractivity contribution is -0.149. The van der Waals surface area contributed by atoms with Gasteiger partial charge in [0.05, 0.1) is 24.6 Å². The Morgan fingerprint density at radius 1 is 1.16 bits per heavy atom. The van der Waals surface area contributed by atoms with Gasteiger partial charge in [-0.15, -0.1) is 0 Å². The van der Waals surface area contributed by atoms with Gasteiger partial charge in [-0.1, -0.05) is 12.1 Å². The van der Waals surface area contributed by atoms with E-state index in [9.17, 15) is 18.8 Å². The van der Waals surface area contributed by atoms with Gasteiger partial charge in [0.15, 0.2) is 0 Å². The SMILES string of the molecule is COC(=O)C1CCN(C(=O)[C@@H]2CC(=O)N(c3ccccc3F)C2)CC1. The molecule has 0 saturated carbocycles. The summed E-state index contributed by atoms with van der Waals surface area (Å²) < 4.78 is 18.7. The van der Waals surface area contributed by atoms with Crippen LogP contribution < -0.4 is 4.90 Å². The average molecular weight is 348 g/mol. The number of benzene rings is 1. The van der Waals surface area contributed by atoms with Gasteiger partial charge in [-0.3, -0.25) is 14.4 Å². The predicted molar refractivity (Wildman–Crippen MR) is 88.2 cm³/mol. The molecule has 2 aliphatic rings. The Morgan fingerprint density at radius 2 is 1.84 bits per heavy atom. The van der Waals surface area contributed by atoms with Crippen LogP contribution in [0.25, 0.3) is 0 Å². The highest BCUT2D eigenvalue weighted by molar-refractivity contribution is 6.00. The van der Waals surface area contributed by atoms with Crippen molar-refractivity contribution < 1.29 is 23.5 Å². The molecular weight excluding hydrogens is 327 g/mol. The summed E-state index contributed by atoms with van der Waals surface area (Å²) in [6, 6.07) is 6.07. The van der Waals surface area contributed by atoms with Crippen LogP contribution in [0.15, 0.2) is 24.3 Å². The maximum atomic E-state index is 13.9. The number of likely N-dealkylation sites (tertiary alicyclic amines) is 1. The fraction of sp³-hybridized carbons (Fsp3) is 0.500. The van der Waals surface area contributed by atoms with Gasteiger partial charge < -0.3 is 14.5 Å². The van der Waals surface area contributed by atoms with Crippen LogP contribution in [0.5, 0.6) is 0 Å². The number of piperidine rings is 1. The minimum atomic E-state index is -0.471. The Hall–Kier alpha value is -2.44. The number of carbonyl (C=O) groups is 3. The summed E-state index contributed by atoms with van der Waals surface area (Å²) in [7, 11) is 1.36. The van der Waals surface area contributed by atoms with E-state index in [1.165, 1.54) is 18.1 Å². The number of carbonyl (C=O) groups excluding carboxylic acids is 3. The number of nitrogens with zero attached hydrogens (tertiary/aromatic N) is 2. The van der Waals surface area contributed by atoms with Crippen LogP contribution in [0.3, 0.4) is 0 Å². The molecule has 1 atom stereocenters. The van der Waals surface area contributed by atoms with Crippen LogP contribution in [-0.2, 0) is 19.1 Å². The second kappa shape index (κ2) is 7.21. The van der Waals surface area contributed by atoms with E-state index in [0.29, 0.717) is 25.9 Å². The molecule has 2 saturated heterocycles. The van der Waals surface area contributed by atoms with Crippen molar-refractivity contribution in [3.05, 3.63) is 30.1 Å². The number of esters is 1. The average Bonchev–Trinajstić information content (AvgIpc) is 3.02. The first-order valence-electron chi connectivity index (χ1n) is 8.42. The van der Waals surface area contributed by atoms with E-state index in [-0.39, 0.29) is 42.4 Å². The molecule has 1 aromatic carbocycles. The standard InChI is InChI=1S/C18H21FN2O4/c1-25-18(24)12-6-8-20(9-7-12)17(23)13-10-16(22)21(11-13)15-5-3-2-4-14(15)19/h2-5,12-13H,6-11H2,1H3/t13-/m1/s1. The van der Waals surface area contributed by atoms with Crippen molar-refractivity contribution in [1.29, 1.82) is 0 Å². The van der Waals surface area contributed by atoms with Crippen LogP contribution >= 0.6 is 0 Å². The van der Waals surface area contributed by atoms with Crippen molar-refractivity contribution in [3.8, 4) is 0 Å². The molecule has 2 aliphatic heterocycles. The lowest BCUT2D eigenvalue weighted by Gasteiger charge is -2.32. The molecule has 0 radical (unpaired) electrons. The first-order chi connectivity index (χ1) is 12.0. The fourth-order valence-electron chi connectivity index (χ4n) is 3.54. The van der Waals surface area contributed by atoms with Crippen molar-refractivity contribution in [3.63, 3.8) is 0 Å². The number of para-hydroxylation sites is 1. The summed E-state index contributed by atoms with van der Waals surface area (Å²) in [6.45, 7) is 1.14. The van der Waals surface area contributed by atoms with Crippen molar-refractivity contribution in [2.24, 2.45) is 11.8 Å². The van der Waals surface area contributed by atoms with Crippen LogP contribution in [0.4, 0.5) is 10.1 Å². The minimum Gasteiger partial charge on any atom is -0.469 e. The molecular formula is C18H21FN2O4. The number of anilines is 1. The summed E-state index contributed by atoms with van der Waals surface area (Å²) in [6.07, 6.45) is 1.22. The molecule has 2 fully saturated rings. The topological polar surface area (TPSA) is 66.9 Å². The summed E-state index contributed by atoms with van der Waals surface area (Å²) >= 11 is 0. The number of methoxy groups -OCH3 is 1. The lowest BCUT2D eigenvalue weighted by atomic mass is 9.95. The monoisotopic (exact) mass is 348 g/mol. The van der Waals surface area contributed by atoms with E-state index in [2.05, 4.69) is 0 Å². The second-order valence-electron chi connectivity index (χ2n) is 6.48. The number of halogens is 1. The van der Waals surface area contributed by atoms with Crippen molar-refractivity contribution in [1.82, 2.24) is 4.90 Å². The molecule has 134 valence electrons. The van der Waals surface area contributed by atoms with Crippen molar-refractivity contribution in [2.75, 3.05) is 31.6 Å². The largest absolute Gasteiger partial charge is 0.469 e. The Balaban J connectivity index is 1.62. The second-order valence-corrected chi connectivity index (χ2v) is 6.48. The summed E-state index contributed by atoms with van der Waals surface area (Å²) in [4.78, 5) is 39.5. The molecule has 25 heavy (non-hydrogen) atoms. The van der Waals surface area contributed by atoms with Gasteiger partial charge in [-0.25, -0.2) is 4.39 Å². The molecule has 6 nitrogen and oxygen atoms in total. The van der Waals surface area contributed by atoms with Gasteiger partial charge in [-0.2, -0.15) is 0 Å². The van der Waals surface area contributed by atoms with Gasteiger partial charge in [0.1, 0.15) is 5.82 Å². The summed E-state index contributed by atoms with van der Waals surface area (Å²) in [5, 5.41) is 0. The maximum Gasteiger partial charge on any atom is 0.308 e. The van der Waals surface area contributed by atoms with Crippen LogP contribution in [0.1, 0.15) is 19.3 Å². The normalized spacial score (nSPS) is 21.5. The van der Waals surface area contributed by atoms with Crippen LogP contribution in [0, 0.1) is 17.7 Å². The zero-order valence-corrected chi connectivity index (χ0v) is 14.1. The van der Waals surface area contributed by atoms with E-state index >= 15 is 0 Å². The van der Waals surface area contributed by atoms with Crippen LogP contribution in [0.2, 0.25) is 0 Å². The zero-order valence-electron chi connectivity index (χ0n) is 14.1. The lowest BCUT2D eigenvalue weighted by Crippen LogP contribution is -2.43. The molecule has 1 aromatic rings. The molecule has 2 amide bonds. The molecule has 0 N–H and O–H groups in total. The smallest absolute Gasteiger partial charge is 0.308 e. The Kier molecular flexibility index (Phi) is 5.01. The van der Waals surface area contributed by atoms with Gasteiger partial charge in [0.25, 0.3) is 0 Å². The Labute approximate surface area is 145 Å². The molecule has 0 aromatic heterocycles. The van der Waals surface area contributed by atoms with E-state index in [0.717, 1.165) is 0 Å². The Morgan fingerprint density at radius 3 is 2.48 bits per heavy atom. The zero-order chi connectivity index (χ0) is 18.0. The van der Waals surface area contributed by atoms with E-state index in [4.69, 9.17) is 4.74 Å². The van der Waals surface area contributed by atoms with Gasteiger partial charge in [0.2, 0.25) is 11.8 Å². The highest BCUT2D eigenvalue weighted by Gasteiger charge is 2.39. The molecule has 0 bridgehead atoms. The number of hydrogen-bond donors (Lipinski definition) is 0. The van der Waals surface area contributed by atoms with E-state index in [1.807, 2.05) is 0 Å². The van der Waals surface area contributed by atoms with Crippen LogP contribution in [-0.4, -0.2) is 49.4 Å². The summed E-state index contributed by atoms with van der Waals surface area (Å²) in [5.74, 6) is -1.70. The van der Waals surface area contributed by atoms with Gasteiger partial charge in [0, 0.05) is 26.1 Å². The Bertz CT molecular complexity index is 685. The third-order valence-electron chi connectivity index (χ3n) is 4.96. The molecule has 0 aliphatic carbocycles. The van der Waals surface area contributed by atoms with Gasteiger partial charge in [-0.05, 0) is 25.0 Å². The molecule has 0 unspecified atom stereocenters. The van der Waals surface area contributed by atoms with Crippen molar-refractivity contribution >= 4 is 23.5 Å². The number of hydrogen-bond acceptors (Lipinski definition) is 4. The van der Waals surface area contributed by atoms with Crippen molar-refractivity contribution in [2.45, 2.75) is 19.3 Å². The fourth-order valence-corrected chi connectivity index (χ4v) is 3.54. The highest BCUT2D eigenvalue weighted by Crippen LogP contribution is 2.29. The minimum absolute atomic E-state index is 0.0874. The highest BCUT2D eigenvalue weighted by atomic mass is 19.1. The molecule has 3 rings (SSSR count). The molecule has 2 heterocycles. The number of rotatable bonds is 3. The molecule has 7 heteroatoms. The van der Waals surface area contributed by atoms with Gasteiger partial charge >= 0.3 is 5.97 Å². The molecule has 0 spiro atoms. The van der Waals surface area contributed by atoms with E-state index in [1.54, 1.807) is 23.1 Å². The number of amides is 2. The quantitative estimate of drug-likeness (QED) is 0.778.